The molecule has 2 aliphatic rings. The van der Waals surface area contributed by atoms with Crippen molar-refractivity contribution in [3.05, 3.63) is 41.2 Å². The maximum absolute atomic E-state index is 11.8. The monoisotopic (exact) mass is 368 g/mol. The summed E-state index contributed by atoms with van der Waals surface area (Å²) in [6.07, 6.45) is 2.74. The average Bonchev–Trinajstić information content (AvgIpc) is 3.03. The Labute approximate surface area is 158 Å². The van der Waals surface area contributed by atoms with E-state index in [9.17, 15) is 4.79 Å². The van der Waals surface area contributed by atoms with Gasteiger partial charge in [0.25, 0.3) is 5.91 Å². The molecule has 2 aromatic heterocycles. The third kappa shape index (κ3) is 3.41. The van der Waals surface area contributed by atoms with Gasteiger partial charge in [0.05, 0.1) is 31.1 Å². The summed E-state index contributed by atoms with van der Waals surface area (Å²) in [7, 11) is 1.60. The number of ether oxygens (including phenoxy) is 2. The van der Waals surface area contributed by atoms with Crippen molar-refractivity contribution in [1.29, 1.82) is 0 Å². The zero-order valence-corrected chi connectivity index (χ0v) is 15.9. The van der Waals surface area contributed by atoms with Crippen LogP contribution in [-0.4, -0.2) is 42.2 Å². The van der Waals surface area contributed by atoms with Gasteiger partial charge in [0.2, 0.25) is 5.88 Å². The molecular weight excluding hydrogens is 344 g/mol. The number of aromatic nitrogens is 2. The van der Waals surface area contributed by atoms with E-state index in [1.807, 2.05) is 25.1 Å². The number of rotatable bonds is 4. The van der Waals surface area contributed by atoms with Gasteiger partial charge in [-0.25, -0.2) is 9.97 Å². The molecule has 1 fully saturated rings. The predicted molar refractivity (Wildman–Crippen MR) is 101 cm³/mol. The largest absolute Gasteiger partial charge is 0.488 e. The molecule has 1 unspecified atom stereocenters. The number of piperidine rings is 1. The summed E-state index contributed by atoms with van der Waals surface area (Å²) < 4.78 is 11.2. The zero-order chi connectivity index (χ0) is 19.0. The van der Waals surface area contributed by atoms with Gasteiger partial charge in [-0.2, -0.15) is 0 Å². The van der Waals surface area contributed by atoms with Gasteiger partial charge in [-0.05, 0) is 24.6 Å². The second-order valence-electron chi connectivity index (χ2n) is 7.21. The molecule has 1 N–H and O–H groups in total. The average molecular weight is 368 g/mol. The van der Waals surface area contributed by atoms with Crippen molar-refractivity contribution in [2.24, 2.45) is 5.92 Å². The number of carbonyl (C=O) groups is 1. The van der Waals surface area contributed by atoms with E-state index in [2.05, 4.69) is 22.1 Å². The maximum atomic E-state index is 11.8. The van der Waals surface area contributed by atoms with Crippen LogP contribution in [0.3, 0.4) is 0 Å². The molecule has 4 heterocycles. The highest BCUT2D eigenvalue weighted by Crippen LogP contribution is 2.29. The number of amides is 1. The second-order valence-corrected chi connectivity index (χ2v) is 7.21. The summed E-state index contributed by atoms with van der Waals surface area (Å²) in [5, 5.41) is 2.84. The van der Waals surface area contributed by atoms with Crippen molar-refractivity contribution in [3.63, 3.8) is 0 Å². The molecule has 0 radical (unpaired) electrons. The standard InChI is InChI=1S/C20H24N4O3/c1-12-8-15-16(10-22-20(15)25)23-19(12)24-7-6-17(13(2)11-24)27-14-4-5-18(26-3)21-9-14/h4-5,8-9,13,17H,6-7,10-11H2,1-3H3,(H,22,25)/t13-,17?/m1/s1. The molecule has 7 nitrogen and oxygen atoms in total. The van der Waals surface area contributed by atoms with Crippen LogP contribution in [0.2, 0.25) is 0 Å². The minimum absolute atomic E-state index is 0.0271. The molecule has 0 bridgehead atoms. The number of anilines is 1. The Balaban J connectivity index is 1.45. The zero-order valence-electron chi connectivity index (χ0n) is 15.9. The van der Waals surface area contributed by atoms with Crippen LogP contribution in [0.25, 0.3) is 0 Å². The van der Waals surface area contributed by atoms with E-state index in [0.29, 0.717) is 23.9 Å². The van der Waals surface area contributed by atoms with E-state index in [1.54, 1.807) is 13.3 Å². The molecule has 142 valence electrons. The van der Waals surface area contributed by atoms with Crippen molar-refractivity contribution in [3.8, 4) is 11.6 Å². The van der Waals surface area contributed by atoms with Crippen LogP contribution in [0.1, 0.15) is 35.0 Å². The lowest BCUT2D eigenvalue weighted by molar-refractivity contribution is 0.0965. The van der Waals surface area contributed by atoms with Crippen molar-refractivity contribution in [2.75, 3.05) is 25.1 Å². The van der Waals surface area contributed by atoms with Crippen molar-refractivity contribution in [1.82, 2.24) is 15.3 Å². The van der Waals surface area contributed by atoms with Gasteiger partial charge in [-0.1, -0.05) is 6.92 Å². The van der Waals surface area contributed by atoms with E-state index in [-0.39, 0.29) is 12.0 Å². The van der Waals surface area contributed by atoms with E-state index < -0.39 is 0 Å². The number of hydrogen-bond acceptors (Lipinski definition) is 6. The summed E-state index contributed by atoms with van der Waals surface area (Å²) in [4.78, 5) is 23.1. The Bertz CT molecular complexity index is 853. The highest BCUT2D eigenvalue weighted by molar-refractivity contribution is 5.98. The molecule has 7 heteroatoms. The fourth-order valence-electron chi connectivity index (χ4n) is 3.77. The molecular formula is C20H24N4O3. The quantitative estimate of drug-likeness (QED) is 0.893. The Kier molecular flexibility index (Phi) is 4.59. The number of nitrogens with zero attached hydrogens (tertiary/aromatic N) is 3. The van der Waals surface area contributed by atoms with Gasteiger partial charge in [-0.15, -0.1) is 0 Å². The van der Waals surface area contributed by atoms with E-state index >= 15 is 0 Å². The van der Waals surface area contributed by atoms with Gasteiger partial charge in [0, 0.05) is 31.5 Å². The smallest absolute Gasteiger partial charge is 0.253 e. The Morgan fingerprint density at radius 3 is 2.89 bits per heavy atom. The maximum Gasteiger partial charge on any atom is 0.253 e. The summed E-state index contributed by atoms with van der Waals surface area (Å²) in [5.41, 5.74) is 2.59. The van der Waals surface area contributed by atoms with E-state index in [1.165, 1.54) is 0 Å². The second kappa shape index (κ2) is 7.06. The molecule has 2 atom stereocenters. The number of methoxy groups -OCH3 is 1. The van der Waals surface area contributed by atoms with Crippen molar-refractivity contribution < 1.29 is 14.3 Å². The summed E-state index contributed by atoms with van der Waals surface area (Å²) in [6.45, 7) is 6.46. The lowest BCUT2D eigenvalue weighted by Gasteiger charge is -2.38. The first-order chi connectivity index (χ1) is 13.0. The SMILES string of the molecule is COc1ccc(OC2CCN(c3nc4c(cc3C)C(=O)NC4)C[C@H]2C)cn1. The van der Waals surface area contributed by atoms with Crippen molar-refractivity contribution >= 4 is 11.7 Å². The summed E-state index contributed by atoms with van der Waals surface area (Å²) in [6, 6.07) is 5.65. The van der Waals surface area contributed by atoms with Crippen LogP contribution in [0.15, 0.2) is 24.4 Å². The molecule has 27 heavy (non-hydrogen) atoms. The van der Waals surface area contributed by atoms with Crippen LogP contribution < -0.4 is 19.7 Å². The molecule has 1 saturated heterocycles. The number of pyridine rings is 2. The first kappa shape index (κ1) is 17.6. The van der Waals surface area contributed by atoms with Gasteiger partial charge in [0.1, 0.15) is 17.7 Å². The molecule has 4 rings (SSSR count). The normalized spacial score (nSPS) is 21.6. The van der Waals surface area contributed by atoms with Crippen LogP contribution in [-0.2, 0) is 6.54 Å². The minimum Gasteiger partial charge on any atom is -0.488 e. The van der Waals surface area contributed by atoms with Crippen LogP contribution in [0.4, 0.5) is 5.82 Å². The lowest BCUT2D eigenvalue weighted by Crippen LogP contribution is -2.45. The Morgan fingerprint density at radius 1 is 1.33 bits per heavy atom. The highest BCUT2D eigenvalue weighted by atomic mass is 16.5. The van der Waals surface area contributed by atoms with Gasteiger partial charge >= 0.3 is 0 Å². The molecule has 0 aliphatic carbocycles. The third-order valence-corrected chi connectivity index (χ3v) is 5.26. The number of nitrogens with one attached hydrogen (secondary N) is 1. The first-order valence-corrected chi connectivity index (χ1v) is 9.25. The van der Waals surface area contributed by atoms with Crippen LogP contribution in [0.5, 0.6) is 11.6 Å². The molecule has 0 spiro atoms. The number of fused-ring (bicyclic) bond motifs is 1. The topological polar surface area (TPSA) is 76.6 Å². The number of carbonyl (C=O) groups excluding carboxylic acids is 1. The molecule has 0 saturated carbocycles. The summed E-state index contributed by atoms with van der Waals surface area (Å²) in [5.74, 6) is 2.63. The first-order valence-electron chi connectivity index (χ1n) is 9.25. The summed E-state index contributed by atoms with van der Waals surface area (Å²) >= 11 is 0. The molecule has 2 aromatic rings. The lowest BCUT2D eigenvalue weighted by atomic mass is 9.96. The van der Waals surface area contributed by atoms with Crippen LogP contribution >= 0.6 is 0 Å². The predicted octanol–water partition coefficient (Wildman–Crippen LogP) is 2.33. The Hall–Kier alpha value is -2.83. The molecule has 1 amide bonds. The third-order valence-electron chi connectivity index (χ3n) is 5.26. The fourth-order valence-corrected chi connectivity index (χ4v) is 3.77. The van der Waals surface area contributed by atoms with Crippen molar-refractivity contribution in [2.45, 2.75) is 32.9 Å². The molecule has 2 aliphatic heterocycles. The highest BCUT2D eigenvalue weighted by Gasteiger charge is 2.30. The molecule has 0 aromatic carbocycles. The van der Waals surface area contributed by atoms with E-state index in [0.717, 1.165) is 42.3 Å². The minimum atomic E-state index is -0.0271. The van der Waals surface area contributed by atoms with Gasteiger partial charge < -0.3 is 19.7 Å². The Morgan fingerprint density at radius 2 is 2.19 bits per heavy atom. The van der Waals surface area contributed by atoms with Gasteiger partial charge in [0.15, 0.2) is 0 Å². The fraction of sp³-hybridized carbons (Fsp3) is 0.450. The van der Waals surface area contributed by atoms with Crippen LogP contribution in [0, 0.1) is 12.8 Å². The number of aryl methyl sites for hydroxylation is 1. The number of hydrogen-bond donors (Lipinski definition) is 1. The van der Waals surface area contributed by atoms with Gasteiger partial charge in [-0.3, -0.25) is 4.79 Å². The van der Waals surface area contributed by atoms with E-state index in [4.69, 9.17) is 14.5 Å².